The summed E-state index contributed by atoms with van der Waals surface area (Å²) >= 11 is 0. The van der Waals surface area contributed by atoms with E-state index in [4.69, 9.17) is 9.16 Å². The fraction of sp³-hybridized carbons (Fsp3) is 0.881. The predicted octanol–water partition coefficient (Wildman–Crippen LogP) is 13.2. The average molecular weight is 655 g/mol. The molecule has 0 heterocycles. The van der Waals surface area contributed by atoms with E-state index in [-0.39, 0.29) is 17.5 Å². The van der Waals surface area contributed by atoms with Gasteiger partial charge in [-0.2, -0.15) is 0 Å². The lowest BCUT2D eigenvalue weighted by molar-refractivity contribution is -0.151. The van der Waals surface area contributed by atoms with Crippen LogP contribution < -0.4 is 0 Å². The molecule has 0 aromatic carbocycles. The maximum absolute atomic E-state index is 12.8. The number of rotatable bonds is 19. The van der Waals surface area contributed by atoms with Gasteiger partial charge in [0.15, 0.2) is 0 Å². The minimum Gasteiger partial charge on any atom is -0.548 e. The summed E-state index contributed by atoms with van der Waals surface area (Å²) in [6.45, 7) is 16.6. The Bertz CT molecular complexity index is 1020. The van der Waals surface area contributed by atoms with Gasteiger partial charge in [0.1, 0.15) is 6.10 Å². The van der Waals surface area contributed by atoms with Crippen molar-refractivity contribution in [2.24, 2.45) is 28.6 Å². The predicted molar refractivity (Wildman–Crippen MR) is 198 cm³/mol. The number of unbranched alkanes of at least 4 members (excludes halogenated alkanes) is 14. The molecule has 6 atom stereocenters. The van der Waals surface area contributed by atoms with Crippen molar-refractivity contribution in [1.82, 2.24) is 0 Å². The lowest BCUT2D eigenvalue weighted by Crippen LogP contribution is -2.50. The molecule has 1 unspecified atom stereocenters. The second kappa shape index (κ2) is 17.6. The monoisotopic (exact) mass is 655 g/mol. The van der Waals surface area contributed by atoms with Crippen molar-refractivity contribution in [1.29, 1.82) is 0 Å². The number of hydrogen-bond acceptors (Lipinski definition) is 3. The van der Waals surface area contributed by atoms with Crippen molar-refractivity contribution in [2.75, 3.05) is 0 Å². The van der Waals surface area contributed by atoms with Crippen molar-refractivity contribution in [3.8, 4) is 0 Å². The van der Waals surface area contributed by atoms with Crippen LogP contribution in [0.3, 0.4) is 0 Å². The summed E-state index contributed by atoms with van der Waals surface area (Å²) in [7, 11) is -1.59. The number of esters is 1. The fourth-order valence-electron chi connectivity index (χ4n) is 10.5. The zero-order valence-electron chi connectivity index (χ0n) is 31.6. The van der Waals surface area contributed by atoms with Gasteiger partial charge >= 0.3 is 5.97 Å². The van der Waals surface area contributed by atoms with E-state index in [1.807, 2.05) is 0 Å². The van der Waals surface area contributed by atoms with Gasteiger partial charge in [0.05, 0.1) is 5.76 Å². The minimum absolute atomic E-state index is 0.0483. The van der Waals surface area contributed by atoms with E-state index in [1.165, 1.54) is 134 Å². The highest BCUT2D eigenvalue weighted by Gasteiger charge is 2.58. The molecule has 0 aromatic rings. The molecule has 4 aliphatic carbocycles. The second-order valence-corrected chi connectivity index (χ2v) is 22.0. The lowest BCUT2D eigenvalue weighted by Gasteiger charge is -2.57. The van der Waals surface area contributed by atoms with E-state index >= 15 is 0 Å². The number of ether oxygens (including phenoxy) is 1. The molecule has 0 aliphatic heterocycles. The zero-order valence-corrected chi connectivity index (χ0v) is 32.6. The molecular formula is C42H74O3Si. The molecule has 3 saturated carbocycles. The van der Waals surface area contributed by atoms with Crippen molar-refractivity contribution in [2.45, 2.75) is 208 Å². The first kappa shape index (κ1) is 37.8. The Kier molecular flexibility index (Phi) is 14.4. The average Bonchev–Trinajstić information content (AvgIpc) is 3.36. The fourth-order valence-corrected chi connectivity index (χ4v) is 11.6. The quantitative estimate of drug-likeness (QED) is 0.0457. The minimum atomic E-state index is -1.59. The molecule has 0 aromatic heterocycles. The van der Waals surface area contributed by atoms with E-state index in [9.17, 15) is 4.79 Å². The van der Waals surface area contributed by atoms with Crippen LogP contribution in [-0.4, -0.2) is 20.4 Å². The van der Waals surface area contributed by atoms with Crippen LogP contribution >= 0.6 is 0 Å². The van der Waals surface area contributed by atoms with Crippen molar-refractivity contribution < 1.29 is 14.0 Å². The summed E-state index contributed by atoms with van der Waals surface area (Å²) in [5, 5.41) is 0. The highest BCUT2D eigenvalue weighted by atomic mass is 28.4. The Morgan fingerprint density at radius 3 is 1.91 bits per heavy atom. The zero-order chi connectivity index (χ0) is 33.2. The van der Waals surface area contributed by atoms with Gasteiger partial charge in [-0.25, -0.2) is 0 Å². The molecule has 264 valence electrons. The third kappa shape index (κ3) is 10.0. The summed E-state index contributed by atoms with van der Waals surface area (Å²) < 4.78 is 12.7. The molecule has 3 fully saturated rings. The number of hydrogen-bond donors (Lipinski definition) is 0. The SMILES string of the molecule is CCCCCCCCCCCCCCCCCC(=O)OC1CC[C@@]2(C)C(=CC[C@@H]3[C@@H]2CC[C@]2(C)/C(=C(\C)O[Si](C)(C)C)CC[C@@H]32)C1. The first-order chi connectivity index (χ1) is 22.0. The number of allylic oxidation sites excluding steroid dienone is 3. The Hall–Kier alpha value is -1.03. The van der Waals surface area contributed by atoms with E-state index in [0.717, 1.165) is 37.0 Å². The molecule has 4 aliphatic rings. The topological polar surface area (TPSA) is 35.5 Å². The van der Waals surface area contributed by atoms with Crippen LogP contribution in [0.5, 0.6) is 0 Å². The number of fused-ring (bicyclic) bond motifs is 5. The molecule has 3 nitrogen and oxygen atoms in total. The highest BCUT2D eigenvalue weighted by molar-refractivity contribution is 6.70. The van der Waals surface area contributed by atoms with Crippen molar-refractivity contribution >= 4 is 14.3 Å². The number of carbonyl (C=O) groups excluding carboxylic acids is 1. The van der Waals surface area contributed by atoms with Gasteiger partial charge in [0, 0.05) is 12.8 Å². The molecule has 0 saturated heterocycles. The number of carbonyl (C=O) groups is 1. The standard InChI is InChI=1S/C42H74O3Si/c1-8-9-10-11-12-13-14-15-16-17-18-19-20-21-22-23-40(43)44-35-28-30-41(3)34(32-35)24-25-36-38-27-26-37(33(2)45-46(5,6)7)42(38,4)31-29-39(36)41/h24,35-36,38-39H,8-23,25-32H2,1-7H3/b37-33+/t35?,36-,38-,39-,41-,42+/m0/s1. The van der Waals surface area contributed by atoms with Crippen LogP contribution in [0.4, 0.5) is 0 Å². The normalized spacial score (nSPS) is 31.8. The molecule has 46 heavy (non-hydrogen) atoms. The van der Waals surface area contributed by atoms with Gasteiger partial charge in [-0.3, -0.25) is 4.79 Å². The van der Waals surface area contributed by atoms with Crippen molar-refractivity contribution in [3.05, 3.63) is 23.0 Å². The maximum Gasteiger partial charge on any atom is 0.306 e. The summed E-state index contributed by atoms with van der Waals surface area (Å²) in [5.41, 5.74) is 3.85. The van der Waals surface area contributed by atoms with E-state index in [0.29, 0.717) is 11.8 Å². The Morgan fingerprint density at radius 1 is 0.783 bits per heavy atom. The van der Waals surface area contributed by atoms with Gasteiger partial charge < -0.3 is 9.16 Å². The summed E-state index contributed by atoms with van der Waals surface area (Å²) in [4.78, 5) is 12.8. The summed E-state index contributed by atoms with van der Waals surface area (Å²) in [6, 6.07) is 0. The van der Waals surface area contributed by atoms with Gasteiger partial charge in [-0.05, 0) is 112 Å². The molecular weight excluding hydrogens is 581 g/mol. The van der Waals surface area contributed by atoms with Crippen LogP contribution in [-0.2, 0) is 14.0 Å². The van der Waals surface area contributed by atoms with Gasteiger partial charge in [-0.15, -0.1) is 0 Å². The molecule has 0 radical (unpaired) electrons. The Labute approximate surface area is 286 Å². The molecule has 4 heteroatoms. The third-order valence-corrected chi connectivity index (χ3v) is 13.9. The molecule has 0 bridgehead atoms. The molecule has 0 N–H and O–H groups in total. The Morgan fingerprint density at radius 2 is 1.33 bits per heavy atom. The van der Waals surface area contributed by atoms with Gasteiger partial charge in [0.2, 0.25) is 8.32 Å². The molecule has 0 spiro atoms. The highest BCUT2D eigenvalue weighted by Crippen LogP contribution is 2.66. The van der Waals surface area contributed by atoms with Crippen LogP contribution in [0.1, 0.15) is 182 Å². The molecule has 4 rings (SSSR count). The van der Waals surface area contributed by atoms with Gasteiger partial charge in [-0.1, -0.05) is 122 Å². The van der Waals surface area contributed by atoms with Crippen LogP contribution in [0.15, 0.2) is 23.0 Å². The lowest BCUT2D eigenvalue weighted by atomic mass is 9.48. The van der Waals surface area contributed by atoms with Crippen LogP contribution in [0.25, 0.3) is 0 Å². The van der Waals surface area contributed by atoms with E-state index < -0.39 is 8.32 Å². The largest absolute Gasteiger partial charge is 0.548 e. The smallest absolute Gasteiger partial charge is 0.306 e. The summed E-state index contributed by atoms with van der Waals surface area (Å²) in [5.74, 6) is 3.65. The van der Waals surface area contributed by atoms with Gasteiger partial charge in [0.25, 0.3) is 0 Å². The maximum atomic E-state index is 12.8. The van der Waals surface area contributed by atoms with E-state index in [1.54, 1.807) is 11.1 Å². The summed E-state index contributed by atoms with van der Waals surface area (Å²) in [6.07, 6.45) is 33.2. The Balaban J connectivity index is 1.12. The van der Waals surface area contributed by atoms with Crippen LogP contribution in [0, 0.1) is 28.6 Å². The second-order valence-electron chi connectivity index (χ2n) is 17.6. The third-order valence-electron chi connectivity index (χ3n) is 13.0. The van der Waals surface area contributed by atoms with Crippen LogP contribution in [0.2, 0.25) is 19.6 Å². The van der Waals surface area contributed by atoms with Crippen molar-refractivity contribution in [3.63, 3.8) is 0 Å². The molecule has 0 amide bonds. The first-order valence-electron chi connectivity index (χ1n) is 20.3. The first-order valence-corrected chi connectivity index (χ1v) is 23.7. The van der Waals surface area contributed by atoms with E-state index in [2.05, 4.69) is 53.4 Å².